The quantitative estimate of drug-likeness (QED) is 0.927. The van der Waals surface area contributed by atoms with Crippen LogP contribution in [0.1, 0.15) is 43.5 Å². The Balaban J connectivity index is 1.67. The van der Waals surface area contributed by atoms with E-state index in [1.807, 2.05) is 18.7 Å². The lowest BCUT2D eigenvalue weighted by Crippen LogP contribution is -2.28. The average Bonchev–Trinajstić information content (AvgIpc) is 3.16. The van der Waals surface area contributed by atoms with Crippen LogP contribution in [-0.4, -0.2) is 38.9 Å². The number of aliphatic hydroxyl groups is 1. The molecule has 1 N–H and O–H groups in total. The first-order valence-electron chi connectivity index (χ1n) is 8.72. The normalized spacial score (nSPS) is 29.3. The third-order valence-corrected chi connectivity index (χ3v) is 5.39. The van der Waals surface area contributed by atoms with Gasteiger partial charge in [-0.15, -0.1) is 5.10 Å². The molecule has 3 unspecified atom stereocenters. The molecule has 2 fully saturated rings. The summed E-state index contributed by atoms with van der Waals surface area (Å²) in [6.45, 7) is 2.77. The Morgan fingerprint density at radius 3 is 2.78 bits per heavy atom. The summed E-state index contributed by atoms with van der Waals surface area (Å²) in [6.07, 6.45) is 9.50. The van der Waals surface area contributed by atoms with E-state index < -0.39 is 6.10 Å². The van der Waals surface area contributed by atoms with Gasteiger partial charge in [0.05, 0.1) is 17.5 Å². The maximum Gasteiger partial charge on any atom is 0.105 e. The molecule has 1 aliphatic heterocycles. The lowest BCUT2D eigenvalue weighted by Gasteiger charge is -2.26. The standard InChI is InChI=1S/C18H25N3O2/c1-11-17(21(2)20-19-11)14-8-13(12-5-6-12)9-15(10-14)18(22)16-4-3-7-23-16/h9-10,12-13,16,18,22H,3-8H2,1-2H3. The fraction of sp³-hybridized carbons (Fsp3) is 0.667. The number of aromatic nitrogens is 3. The van der Waals surface area contributed by atoms with Gasteiger partial charge in [0, 0.05) is 13.7 Å². The minimum atomic E-state index is -0.518. The maximum absolute atomic E-state index is 10.8. The van der Waals surface area contributed by atoms with Crippen molar-refractivity contribution in [3.05, 3.63) is 29.1 Å². The van der Waals surface area contributed by atoms with Crippen molar-refractivity contribution in [2.24, 2.45) is 18.9 Å². The van der Waals surface area contributed by atoms with Gasteiger partial charge in [0.25, 0.3) is 0 Å². The fourth-order valence-electron chi connectivity index (χ4n) is 4.01. The summed E-state index contributed by atoms with van der Waals surface area (Å²) in [7, 11) is 1.94. The molecule has 3 atom stereocenters. The van der Waals surface area contributed by atoms with Crippen molar-refractivity contribution in [3.63, 3.8) is 0 Å². The molecule has 0 amide bonds. The first-order chi connectivity index (χ1) is 11.1. The Morgan fingerprint density at radius 2 is 2.17 bits per heavy atom. The highest BCUT2D eigenvalue weighted by Crippen LogP contribution is 2.45. The van der Waals surface area contributed by atoms with Gasteiger partial charge in [0.2, 0.25) is 0 Å². The summed E-state index contributed by atoms with van der Waals surface area (Å²) < 4.78 is 7.56. The van der Waals surface area contributed by atoms with Crippen molar-refractivity contribution < 1.29 is 9.84 Å². The number of ether oxygens (including phenoxy) is 1. The summed E-state index contributed by atoms with van der Waals surface area (Å²) >= 11 is 0. The molecule has 2 aliphatic carbocycles. The van der Waals surface area contributed by atoms with Gasteiger partial charge in [-0.25, -0.2) is 4.68 Å². The molecule has 0 spiro atoms. The highest BCUT2D eigenvalue weighted by atomic mass is 16.5. The molecule has 0 radical (unpaired) electrons. The monoisotopic (exact) mass is 315 g/mol. The SMILES string of the molecule is Cc1nnn(C)c1C1=CC(C(O)C2CCCO2)=CC(C2CC2)C1. The Hall–Kier alpha value is -1.46. The Morgan fingerprint density at radius 1 is 1.35 bits per heavy atom. The van der Waals surface area contributed by atoms with Gasteiger partial charge in [0.15, 0.2) is 0 Å². The van der Waals surface area contributed by atoms with Crippen molar-refractivity contribution in [1.82, 2.24) is 15.0 Å². The first-order valence-corrected chi connectivity index (χ1v) is 8.72. The zero-order valence-corrected chi connectivity index (χ0v) is 13.9. The van der Waals surface area contributed by atoms with Crippen molar-refractivity contribution >= 4 is 5.57 Å². The zero-order chi connectivity index (χ0) is 16.0. The van der Waals surface area contributed by atoms with Crippen LogP contribution >= 0.6 is 0 Å². The van der Waals surface area contributed by atoms with E-state index in [2.05, 4.69) is 22.5 Å². The predicted octanol–water partition coefficient (Wildman–Crippen LogP) is 2.40. The molecular formula is C18H25N3O2. The minimum Gasteiger partial charge on any atom is -0.386 e. The number of hydrogen-bond donors (Lipinski definition) is 1. The number of aliphatic hydroxyl groups excluding tert-OH is 1. The van der Waals surface area contributed by atoms with Crippen LogP contribution < -0.4 is 0 Å². The molecule has 0 aromatic carbocycles. The van der Waals surface area contributed by atoms with Crippen LogP contribution in [0.5, 0.6) is 0 Å². The number of allylic oxidation sites excluding steroid dienone is 2. The molecular weight excluding hydrogens is 290 g/mol. The summed E-state index contributed by atoms with van der Waals surface area (Å²) in [6, 6.07) is 0. The van der Waals surface area contributed by atoms with Crippen LogP contribution in [0.4, 0.5) is 0 Å². The summed E-state index contributed by atoms with van der Waals surface area (Å²) in [5.41, 5.74) is 4.33. The van der Waals surface area contributed by atoms with Crippen LogP contribution in [-0.2, 0) is 11.8 Å². The van der Waals surface area contributed by atoms with Gasteiger partial charge >= 0.3 is 0 Å². The second-order valence-electron chi connectivity index (χ2n) is 7.19. The predicted molar refractivity (Wildman–Crippen MR) is 87.6 cm³/mol. The fourth-order valence-corrected chi connectivity index (χ4v) is 4.01. The molecule has 1 saturated heterocycles. The minimum absolute atomic E-state index is 0.0533. The van der Waals surface area contributed by atoms with E-state index in [1.54, 1.807) is 0 Å². The van der Waals surface area contributed by atoms with Crippen molar-refractivity contribution in [3.8, 4) is 0 Å². The highest BCUT2D eigenvalue weighted by Gasteiger charge is 2.35. The molecule has 1 aromatic rings. The van der Waals surface area contributed by atoms with E-state index in [0.29, 0.717) is 5.92 Å². The Bertz CT molecular complexity index is 632. The lowest BCUT2D eigenvalue weighted by atomic mass is 9.83. The molecule has 4 rings (SSSR count). The largest absolute Gasteiger partial charge is 0.386 e. The molecule has 0 bridgehead atoms. The highest BCUT2D eigenvalue weighted by molar-refractivity contribution is 5.69. The smallest absolute Gasteiger partial charge is 0.105 e. The number of nitrogens with zero attached hydrogens (tertiary/aromatic N) is 3. The van der Waals surface area contributed by atoms with Crippen LogP contribution in [0.2, 0.25) is 0 Å². The Kier molecular flexibility index (Phi) is 3.85. The summed E-state index contributed by atoms with van der Waals surface area (Å²) in [4.78, 5) is 0. The van der Waals surface area contributed by atoms with E-state index >= 15 is 0 Å². The lowest BCUT2D eigenvalue weighted by molar-refractivity contribution is 0.0184. The molecule has 124 valence electrons. The van der Waals surface area contributed by atoms with E-state index in [4.69, 9.17) is 4.74 Å². The van der Waals surface area contributed by atoms with Gasteiger partial charge in [-0.05, 0) is 62.0 Å². The van der Waals surface area contributed by atoms with Gasteiger partial charge < -0.3 is 9.84 Å². The van der Waals surface area contributed by atoms with Gasteiger partial charge in [0.1, 0.15) is 6.10 Å². The summed E-state index contributed by atoms with van der Waals surface area (Å²) in [5.74, 6) is 1.29. The number of aryl methyl sites for hydroxylation is 2. The molecule has 3 aliphatic rings. The maximum atomic E-state index is 10.8. The molecule has 1 aromatic heterocycles. The van der Waals surface area contributed by atoms with Crippen molar-refractivity contribution in [2.45, 2.75) is 51.2 Å². The molecule has 5 nitrogen and oxygen atoms in total. The molecule has 2 heterocycles. The van der Waals surface area contributed by atoms with Gasteiger partial charge in [-0.2, -0.15) is 0 Å². The van der Waals surface area contributed by atoms with E-state index in [1.165, 1.54) is 18.4 Å². The van der Waals surface area contributed by atoms with Gasteiger partial charge in [-0.3, -0.25) is 0 Å². The topological polar surface area (TPSA) is 60.2 Å². The third-order valence-electron chi connectivity index (χ3n) is 5.39. The zero-order valence-electron chi connectivity index (χ0n) is 13.9. The second kappa shape index (κ2) is 5.87. The van der Waals surface area contributed by atoms with Crippen LogP contribution in [0.3, 0.4) is 0 Å². The average molecular weight is 315 g/mol. The van der Waals surface area contributed by atoms with Crippen LogP contribution in [0.15, 0.2) is 17.7 Å². The van der Waals surface area contributed by atoms with E-state index in [9.17, 15) is 5.11 Å². The number of hydrogen-bond acceptors (Lipinski definition) is 4. The molecule has 5 heteroatoms. The Labute approximate surface area is 137 Å². The van der Waals surface area contributed by atoms with E-state index in [-0.39, 0.29) is 6.10 Å². The third kappa shape index (κ3) is 2.88. The second-order valence-corrected chi connectivity index (χ2v) is 7.19. The first kappa shape index (κ1) is 15.1. The van der Waals surface area contributed by atoms with Crippen LogP contribution in [0.25, 0.3) is 5.57 Å². The van der Waals surface area contributed by atoms with Crippen molar-refractivity contribution in [2.75, 3.05) is 6.61 Å². The van der Waals surface area contributed by atoms with Crippen LogP contribution in [0, 0.1) is 18.8 Å². The van der Waals surface area contributed by atoms with Gasteiger partial charge in [-0.1, -0.05) is 17.4 Å². The number of rotatable bonds is 4. The molecule has 23 heavy (non-hydrogen) atoms. The van der Waals surface area contributed by atoms with E-state index in [0.717, 1.165) is 48.7 Å². The molecule has 1 saturated carbocycles. The summed E-state index contributed by atoms with van der Waals surface area (Å²) in [5, 5.41) is 19.1. The van der Waals surface area contributed by atoms with Crippen molar-refractivity contribution in [1.29, 1.82) is 0 Å².